The summed E-state index contributed by atoms with van der Waals surface area (Å²) in [5.41, 5.74) is -0.493. The van der Waals surface area contributed by atoms with Crippen molar-refractivity contribution in [1.82, 2.24) is 9.71 Å². The number of hydrogen-bond acceptors (Lipinski definition) is 3. The lowest BCUT2D eigenvalue weighted by Crippen LogP contribution is -2.43. The first-order valence-corrected chi connectivity index (χ1v) is 7.28. The molecule has 0 aliphatic heterocycles. The van der Waals surface area contributed by atoms with E-state index >= 15 is 0 Å². The summed E-state index contributed by atoms with van der Waals surface area (Å²) in [6, 6.07) is 1.46. The molecule has 0 saturated carbocycles. The van der Waals surface area contributed by atoms with Gasteiger partial charge in [-0.1, -0.05) is 24.9 Å². The van der Waals surface area contributed by atoms with Crippen LogP contribution in [0, 0.1) is 0 Å². The van der Waals surface area contributed by atoms with Crippen molar-refractivity contribution in [3.05, 3.63) is 23.5 Å². The molecular formula is C11H17ClN2O2S. The molecule has 0 spiro atoms. The monoisotopic (exact) mass is 276 g/mol. The van der Waals surface area contributed by atoms with E-state index < -0.39 is 15.6 Å². The van der Waals surface area contributed by atoms with Gasteiger partial charge in [0.15, 0.2) is 0 Å². The molecule has 1 heterocycles. The summed E-state index contributed by atoms with van der Waals surface area (Å²) in [6.07, 6.45) is 4.37. The Morgan fingerprint density at radius 3 is 2.65 bits per heavy atom. The van der Waals surface area contributed by atoms with Crippen molar-refractivity contribution in [2.45, 2.75) is 44.0 Å². The molecule has 0 saturated heterocycles. The van der Waals surface area contributed by atoms with Crippen LogP contribution in [0.1, 0.15) is 33.6 Å². The zero-order chi connectivity index (χ0) is 13.1. The Labute approximate surface area is 107 Å². The third-order valence-electron chi connectivity index (χ3n) is 2.31. The Kier molecular flexibility index (Phi) is 4.52. The lowest BCUT2D eigenvalue weighted by molar-refractivity contribution is 0.417. The number of rotatable bonds is 5. The average molecular weight is 277 g/mol. The van der Waals surface area contributed by atoms with E-state index in [1.165, 1.54) is 18.5 Å². The average Bonchev–Trinajstić information content (AvgIpc) is 2.15. The van der Waals surface area contributed by atoms with E-state index in [1.807, 2.05) is 20.8 Å². The molecule has 0 unspecified atom stereocenters. The molecule has 0 radical (unpaired) electrons. The highest BCUT2D eigenvalue weighted by molar-refractivity contribution is 7.89. The molecule has 1 aromatic rings. The van der Waals surface area contributed by atoms with Gasteiger partial charge in [0, 0.05) is 17.9 Å². The second-order valence-corrected chi connectivity index (χ2v) is 6.60. The van der Waals surface area contributed by atoms with Gasteiger partial charge in [-0.3, -0.25) is 4.98 Å². The number of aromatic nitrogens is 1. The van der Waals surface area contributed by atoms with Gasteiger partial charge in [0.25, 0.3) is 0 Å². The second kappa shape index (κ2) is 5.33. The van der Waals surface area contributed by atoms with Crippen molar-refractivity contribution < 1.29 is 8.42 Å². The summed E-state index contributed by atoms with van der Waals surface area (Å²) in [6.45, 7) is 5.70. The highest BCUT2D eigenvalue weighted by Crippen LogP contribution is 2.22. The standard InChI is InChI=1S/C11H17ClN2O2S/c1-4-6-11(2,3)14-17(15,16)10-8-13-7-5-9(10)12/h5,7-8,14H,4,6H2,1-3H3. The van der Waals surface area contributed by atoms with Crippen molar-refractivity contribution >= 4 is 21.6 Å². The highest BCUT2D eigenvalue weighted by atomic mass is 35.5. The molecule has 6 heteroatoms. The van der Waals surface area contributed by atoms with Crippen molar-refractivity contribution in [2.24, 2.45) is 0 Å². The fourth-order valence-corrected chi connectivity index (χ4v) is 3.53. The Balaban J connectivity index is 3.02. The maximum atomic E-state index is 12.1. The lowest BCUT2D eigenvalue weighted by Gasteiger charge is -2.25. The van der Waals surface area contributed by atoms with E-state index in [4.69, 9.17) is 11.6 Å². The van der Waals surface area contributed by atoms with Gasteiger partial charge in [-0.05, 0) is 26.3 Å². The summed E-state index contributed by atoms with van der Waals surface area (Å²) in [5.74, 6) is 0. The van der Waals surface area contributed by atoms with Crippen LogP contribution in [0.5, 0.6) is 0 Å². The minimum Gasteiger partial charge on any atom is -0.263 e. The van der Waals surface area contributed by atoms with Crippen LogP contribution in [0.3, 0.4) is 0 Å². The molecule has 0 amide bonds. The topological polar surface area (TPSA) is 59.1 Å². The smallest absolute Gasteiger partial charge is 0.244 e. The van der Waals surface area contributed by atoms with E-state index in [9.17, 15) is 8.42 Å². The van der Waals surface area contributed by atoms with E-state index in [2.05, 4.69) is 9.71 Å². The predicted octanol–water partition coefficient (Wildman–Crippen LogP) is 2.59. The van der Waals surface area contributed by atoms with Crippen LogP contribution in [0.15, 0.2) is 23.4 Å². The molecule has 96 valence electrons. The molecular weight excluding hydrogens is 260 g/mol. The van der Waals surface area contributed by atoms with Crippen molar-refractivity contribution in [1.29, 1.82) is 0 Å². The summed E-state index contributed by atoms with van der Waals surface area (Å²) >= 11 is 5.86. The molecule has 4 nitrogen and oxygen atoms in total. The Morgan fingerprint density at radius 2 is 2.12 bits per heavy atom. The van der Waals surface area contributed by atoms with Gasteiger partial charge >= 0.3 is 0 Å². The largest absolute Gasteiger partial charge is 0.263 e. The Morgan fingerprint density at radius 1 is 1.47 bits per heavy atom. The van der Waals surface area contributed by atoms with Crippen LogP contribution in [0.2, 0.25) is 5.02 Å². The van der Waals surface area contributed by atoms with E-state index in [-0.39, 0.29) is 9.92 Å². The first kappa shape index (κ1) is 14.4. The maximum Gasteiger partial charge on any atom is 0.244 e. The number of pyridine rings is 1. The van der Waals surface area contributed by atoms with Gasteiger partial charge in [0.05, 0.1) is 5.02 Å². The molecule has 0 aliphatic carbocycles. The van der Waals surface area contributed by atoms with Gasteiger partial charge in [0.2, 0.25) is 10.0 Å². The first-order chi connectivity index (χ1) is 7.78. The summed E-state index contributed by atoms with van der Waals surface area (Å²) in [5, 5.41) is 0.180. The normalized spacial score (nSPS) is 12.7. The van der Waals surface area contributed by atoms with E-state index in [1.54, 1.807) is 0 Å². The van der Waals surface area contributed by atoms with Crippen LogP contribution in [-0.4, -0.2) is 18.9 Å². The van der Waals surface area contributed by atoms with E-state index in [0.29, 0.717) is 0 Å². The fourth-order valence-electron chi connectivity index (χ4n) is 1.66. The van der Waals surface area contributed by atoms with Gasteiger partial charge in [-0.15, -0.1) is 0 Å². The zero-order valence-corrected chi connectivity index (χ0v) is 11.8. The van der Waals surface area contributed by atoms with Crippen LogP contribution in [0.25, 0.3) is 0 Å². The second-order valence-electron chi connectivity index (χ2n) is 4.55. The number of hydrogen-bond donors (Lipinski definition) is 1. The molecule has 0 aliphatic rings. The first-order valence-electron chi connectivity index (χ1n) is 5.42. The molecule has 0 atom stereocenters. The maximum absolute atomic E-state index is 12.1. The predicted molar refractivity (Wildman–Crippen MR) is 68.6 cm³/mol. The molecule has 0 bridgehead atoms. The number of nitrogens with one attached hydrogen (secondary N) is 1. The minimum atomic E-state index is -3.62. The van der Waals surface area contributed by atoms with Crippen LogP contribution in [0.4, 0.5) is 0 Å². The lowest BCUT2D eigenvalue weighted by atomic mass is 10.0. The number of halogens is 1. The highest BCUT2D eigenvalue weighted by Gasteiger charge is 2.27. The molecule has 0 aromatic carbocycles. The Bertz CT molecular complexity index is 486. The summed E-state index contributed by atoms with van der Waals surface area (Å²) < 4.78 is 26.9. The molecule has 1 aromatic heterocycles. The van der Waals surface area contributed by atoms with Crippen molar-refractivity contribution in [2.75, 3.05) is 0 Å². The van der Waals surface area contributed by atoms with Crippen LogP contribution >= 0.6 is 11.6 Å². The third kappa shape index (κ3) is 3.94. The SMILES string of the molecule is CCCC(C)(C)NS(=O)(=O)c1cnccc1Cl. The molecule has 1 rings (SSSR count). The van der Waals surface area contributed by atoms with Crippen LogP contribution < -0.4 is 4.72 Å². The van der Waals surface area contributed by atoms with Crippen molar-refractivity contribution in [3.63, 3.8) is 0 Å². The van der Waals surface area contributed by atoms with Gasteiger partial charge in [0.1, 0.15) is 4.90 Å². The van der Waals surface area contributed by atoms with E-state index in [0.717, 1.165) is 12.8 Å². The number of sulfonamides is 1. The van der Waals surface area contributed by atoms with Crippen molar-refractivity contribution in [3.8, 4) is 0 Å². The zero-order valence-electron chi connectivity index (χ0n) is 10.2. The minimum absolute atomic E-state index is 0.0193. The summed E-state index contributed by atoms with van der Waals surface area (Å²) in [7, 11) is -3.62. The fraction of sp³-hybridized carbons (Fsp3) is 0.545. The summed E-state index contributed by atoms with van der Waals surface area (Å²) in [4.78, 5) is 3.80. The van der Waals surface area contributed by atoms with Crippen LogP contribution in [-0.2, 0) is 10.0 Å². The number of nitrogens with zero attached hydrogens (tertiary/aromatic N) is 1. The van der Waals surface area contributed by atoms with Gasteiger partial charge in [-0.25, -0.2) is 13.1 Å². The van der Waals surface area contributed by atoms with Gasteiger partial charge < -0.3 is 0 Å². The molecule has 17 heavy (non-hydrogen) atoms. The third-order valence-corrected chi connectivity index (χ3v) is 4.48. The Hall–Kier alpha value is -0.650. The quantitative estimate of drug-likeness (QED) is 0.899. The molecule has 0 fully saturated rings. The molecule has 1 N–H and O–H groups in total. The van der Waals surface area contributed by atoms with Gasteiger partial charge in [-0.2, -0.15) is 0 Å².